The van der Waals surface area contributed by atoms with Crippen LogP contribution in [0.2, 0.25) is 0 Å². The highest BCUT2D eigenvalue weighted by molar-refractivity contribution is 7.89. The zero-order valence-corrected chi connectivity index (χ0v) is 15.0. The predicted octanol–water partition coefficient (Wildman–Crippen LogP) is 2.87. The molecule has 0 spiro atoms. The maximum atomic E-state index is 12.8. The van der Waals surface area contributed by atoms with Crippen LogP contribution in [0.5, 0.6) is 0 Å². The quantitative estimate of drug-likeness (QED) is 0.773. The molecule has 2 aromatic rings. The van der Waals surface area contributed by atoms with E-state index < -0.39 is 10.0 Å². The summed E-state index contributed by atoms with van der Waals surface area (Å²) in [6.07, 6.45) is 3.80. The minimum Gasteiger partial charge on any atom is -0.302 e. The molecular formula is C19H20N2O3S. The third kappa shape index (κ3) is 3.50. The van der Waals surface area contributed by atoms with Crippen LogP contribution in [0.1, 0.15) is 22.8 Å². The van der Waals surface area contributed by atoms with Crippen molar-refractivity contribution in [2.45, 2.75) is 24.3 Å². The smallest absolute Gasteiger partial charge is 0.260 e. The van der Waals surface area contributed by atoms with Gasteiger partial charge in [0.1, 0.15) is 0 Å². The molecule has 0 amide bonds. The Balaban J connectivity index is 1.77. The highest BCUT2D eigenvalue weighted by atomic mass is 32.2. The third-order valence-electron chi connectivity index (χ3n) is 4.17. The molecule has 1 aliphatic heterocycles. The number of hydrogen-bond acceptors (Lipinski definition) is 4. The van der Waals surface area contributed by atoms with Gasteiger partial charge in [-0.2, -0.15) is 0 Å². The lowest BCUT2D eigenvalue weighted by atomic mass is 10.0. The number of nitrogens with zero attached hydrogens (tertiary/aromatic N) is 2. The van der Waals surface area contributed by atoms with Crippen LogP contribution in [0.4, 0.5) is 0 Å². The number of sulfonamides is 1. The summed E-state index contributed by atoms with van der Waals surface area (Å²) in [5.74, 6) is 0.00769. The molecule has 0 saturated heterocycles. The number of hydrogen-bond donors (Lipinski definition) is 0. The van der Waals surface area contributed by atoms with E-state index in [-0.39, 0.29) is 23.1 Å². The van der Waals surface area contributed by atoms with Gasteiger partial charge in [0, 0.05) is 25.2 Å². The Morgan fingerprint density at radius 2 is 1.68 bits per heavy atom. The van der Waals surface area contributed by atoms with E-state index in [1.54, 1.807) is 54.7 Å². The van der Waals surface area contributed by atoms with Gasteiger partial charge in [0.2, 0.25) is 0 Å². The van der Waals surface area contributed by atoms with Crippen LogP contribution < -0.4 is 0 Å². The summed E-state index contributed by atoms with van der Waals surface area (Å²) in [7, 11) is -1.92. The van der Waals surface area contributed by atoms with Gasteiger partial charge in [-0.05, 0) is 30.7 Å². The molecule has 1 aliphatic rings. The van der Waals surface area contributed by atoms with Gasteiger partial charge >= 0.3 is 0 Å². The van der Waals surface area contributed by atoms with Crippen LogP contribution in [0.25, 0.3) is 0 Å². The Bertz CT molecular complexity index is 878. The second kappa shape index (κ2) is 6.82. The molecule has 130 valence electrons. The molecule has 0 aliphatic carbocycles. The van der Waals surface area contributed by atoms with Gasteiger partial charge < -0.3 is 5.01 Å². The minimum absolute atomic E-state index is 0.00769. The molecule has 5 nitrogen and oxygen atoms in total. The lowest BCUT2D eigenvalue weighted by Crippen LogP contribution is -2.42. The second-order valence-corrected chi connectivity index (χ2v) is 7.84. The molecule has 0 radical (unpaired) electrons. The van der Waals surface area contributed by atoms with E-state index in [4.69, 9.17) is 0 Å². The fourth-order valence-electron chi connectivity index (χ4n) is 2.86. The van der Waals surface area contributed by atoms with Gasteiger partial charge in [0.05, 0.1) is 10.9 Å². The average molecular weight is 356 g/mol. The maximum Gasteiger partial charge on any atom is 0.260 e. The molecular weight excluding hydrogens is 336 g/mol. The lowest BCUT2D eigenvalue weighted by Gasteiger charge is -2.28. The van der Waals surface area contributed by atoms with E-state index in [0.717, 1.165) is 5.56 Å². The van der Waals surface area contributed by atoms with Crippen LogP contribution in [0.15, 0.2) is 71.8 Å². The molecule has 0 bridgehead atoms. The van der Waals surface area contributed by atoms with Crippen molar-refractivity contribution in [2.75, 3.05) is 7.05 Å². The molecule has 6 heteroatoms. The number of carbonyl (C=O) groups excluding carboxylic acids is 1. The fraction of sp³-hybridized carbons (Fsp3) is 0.211. The topological polar surface area (TPSA) is 57.7 Å². The van der Waals surface area contributed by atoms with Crippen LogP contribution in [0.3, 0.4) is 0 Å². The Morgan fingerprint density at radius 3 is 2.24 bits per heavy atom. The summed E-state index contributed by atoms with van der Waals surface area (Å²) in [6, 6.07) is 15.3. The van der Waals surface area contributed by atoms with Crippen LogP contribution in [-0.2, 0) is 16.4 Å². The summed E-state index contributed by atoms with van der Waals surface area (Å²) in [6.45, 7) is 1.82. The van der Waals surface area contributed by atoms with Crippen molar-refractivity contribution in [2.24, 2.45) is 0 Å². The molecule has 0 saturated carbocycles. The first-order valence-electron chi connectivity index (χ1n) is 8.02. The SMILES string of the molecule is CC1C=CN(C)N1S(=O)(=O)c1ccc(CC(=O)c2ccccc2)cc1. The standard InChI is InChI=1S/C19H20N2O3S/c1-15-12-13-20(2)21(15)25(23,24)18-10-8-16(9-11-18)14-19(22)17-6-4-3-5-7-17/h3-13,15H,14H2,1-2H3. The van der Waals surface area contributed by atoms with Crippen molar-refractivity contribution >= 4 is 15.8 Å². The first-order chi connectivity index (χ1) is 11.9. The zero-order chi connectivity index (χ0) is 18.0. The molecule has 1 unspecified atom stereocenters. The first kappa shape index (κ1) is 17.4. The van der Waals surface area contributed by atoms with Gasteiger partial charge in [-0.1, -0.05) is 42.5 Å². The zero-order valence-electron chi connectivity index (χ0n) is 14.2. The van der Waals surface area contributed by atoms with E-state index in [0.29, 0.717) is 5.56 Å². The van der Waals surface area contributed by atoms with Gasteiger partial charge in [-0.25, -0.2) is 8.42 Å². The number of hydrazine groups is 1. The molecule has 1 heterocycles. The van der Waals surface area contributed by atoms with E-state index >= 15 is 0 Å². The van der Waals surface area contributed by atoms with Crippen molar-refractivity contribution in [3.8, 4) is 0 Å². The summed E-state index contributed by atoms with van der Waals surface area (Å²) >= 11 is 0. The normalized spacial score (nSPS) is 17.8. The van der Waals surface area contributed by atoms with E-state index in [1.165, 1.54) is 4.41 Å². The molecule has 2 aromatic carbocycles. The largest absolute Gasteiger partial charge is 0.302 e. The number of Topliss-reactive ketones (excluding diaryl/α,β-unsaturated/α-hetero) is 1. The van der Waals surface area contributed by atoms with E-state index in [2.05, 4.69) is 0 Å². The molecule has 0 aromatic heterocycles. The monoisotopic (exact) mass is 356 g/mol. The fourth-order valence-corrected chi connectivity index (χ4v) is 4.46. The highest BCUT2D eigenvalue weighted by Gasteiger charge is 2.33. The molecule has 3 rings (SSSR count). The van der Waals surface area contributed by atoms with Crippen LogP contribution >= 0.6 is 0 Å². The molecule has 0 fully saturated rings. The summed E-state index contributed by atoms with van der Waals surface area (Å²) in [5.41, 5.74) is 1.44. The highest BCUT2D eigenvalue weighted by Crippen LogP contribution is 2.24. The average Bonchev–Trinajstić information content (AvgIpc) is 2.95. The maximum absolute atomic E-state index is 12.8. The van der Waals surface area contributed by atoms with Crippen molar-refractivity contribution in [3.05, 3.63) is 78.0 Å². The first-order valence-corrected chi connectivity index (χ1v) is 9.46. The number of benzene rings is 2. The van der Waals surface area contributed by atoms with Crippen molar-refractivity contribution < 1.29 is 13.2 Å². The molecule has 1 atom stereocenters. The Labute approximate surface area is 148 Å². The van der Waals surface area contributed by atoms with Gasteiger partial charge in [-0.15, -0.1) is 4.41 Å². The summed E-state index contributed by atoms with van der Waals surface area (Å²) in [5, 5.41) is 1.56. The third-order valence-corrected chi connectivity index (χ3v) is 6.12. The molecule has 0 N–H and O–H groups in total. The lowest BCUT2D eigenvalue weighted by molar-refractivity contribution is 0.0993. The number of carbonyl (C=O) groups is 1. The van der Waals surface area contributed by atoms with E-state index in [1.807, 2.05) is 31.2 Å². The van der Waals surface area contributed by atoms with Crippen LogP contribution in [-0.4, -0.2) is 36.7 Å². The Kier molecular flexibility index (Phi) is 4.74. The summed E-state index contributed by atoms with van der Waals surface area (Å²) < 4.78 is 26.9. The minimum atomic E-state index is -3.62. The van der Waals surface area contributed by atoms with Crippen molar-refractivity contribution in [1.29, 1.82) is 0 Å². The van der Waals surface area contributed by atoms with Crippen LogP contribution in [0, 0.1) is 0 Å². The van der Waals surface area contributed by atoms with Gasteiger partial charge in [0.25, 0.3) is 10.0 Å². The second-order valence-electron chi connectivity index (χ2n) is 6.04. The van der Waals surface area contributed by atoms with Gasteiger partial charge in [0.15, 0.2) is 5.78 Å². The van der Waals surface area contributed by atoms with Crippen molar-refractivity contribution in [1.82, 2.24) is 9.42 Å². The number of rotatable bonds is 5. The summed E-state index contributed by atoms with van der Waals surface area (Å²) in [4.78, 5) is 12.5. The number of ketones is 1. The van der Waals surface area contributed by atoms with Gasteiger partial charge in [-0.3, -0.25) is 4.79 Å². The molecule has 25 heavy (non-hydrogen) atoms. The Hall–Kier alpha value is -2.44. The Morgan fingerprint density at radius 1 is 1.04 bits per heavy atom. The predicted molar refractivity (Wildman–Crippen MR) is 96.3 cm³/mol. The van der Waals surface area contributed by atoms with Crippen molar-refractivity contribution in [3.63, 3.8) is 0 Å². The van der Waals surface area contributed by atoms with E-state index in [9.17, 15) is 13.2 Å².